The van der Waals surface area contributed by atoms with E-state index in [1.807, 2.05) is 26.0 Å². The maximum atomic E-state index is 13.2. The smallest absolute Gasteiger partial charge is 0.309 e. The molecule has 1 saturated heterocycles. The number of piperidine rings is 1. The fraction of sp³-hybridized carbons (Fsp3) is 0.500. The summed E-state index contributed by atoms with van der Waals surface area (Å²) in [4.78, 5) is 41.1. The molecule has 2 aromatic rings. The molecule has 0 aliphatic carbocycles. The van der Waals surface area contributed by atoms with Crippen molar-refractivity contribution in [3.63, 3.8) is 0 Å². The highest BCUT2D eigenvalue weighted by molar-refractivity contribution is 6.30. The topological polar surface area (TPSA) is 84.7 Å². The second kappa shape index (κ2) is 10.8. The predicted molar refractivity (Wildman–Crippen MR) is 126 cm³/mol. The molecule has 0 atom stereocenters. The van der Waals surface area contributed by atoms with Crippen LogP contribution in [0.1, 0.15) is 55.6 Å². The molecule has 0 unspecified atom stereocenters. The predicted octanol–water partition coefficient (Wildman–Crippen LogP) is 3.52. The minimum atomic E-state index is -0.256. The van der Waals surface area contributed by atoms with Gasteiger partial charge in [-0.15, -0.1) is 0 Å². The summed E-state index contributed by atoms with van der Waals surface area (Å²) in [6.07, 6.45) is 2.71. The van der Waals surface area contributed by atoms with Gasteiger partial charge in [0.2, 0.25) is 5.91 Å². The van der Waals surface area contributed by atoms with Gasteiger partial charge in [-0.25, -0.2) is 4.68 Å². The summed E-state index contributed by atoms with van der Waals surface area (Å²) in [5.41, 5.74) is 2.05. The zero-order valence-corrected chi connectivity index (χ0v) is 20.3. The number of benzene rings is 1. The number of esters is 1. The highest BCUT2D eigenvalue weighted by atomic mass is 35.5. The fourth-order valence-corrected chi connectivity index (χ4v) is 4.20. The molecule has 0 N–H and O–H groups in total. The van der Waals surface area contributed by atoms with E-state index in [0.717, 1.165) is 11.4 Å². The Kier molecular flexibility index (Phi) is 8.13. The Hall–Kier alpha value is -2.87. The molecular weight excluding hydrogens is 444 g/mol. The first kappa shape index (κ1) is 24.8. The number of carbonyl (C=O) groups excluding carboxylic acids is 3. The van der Waals surface area contributed by atoms with Gasteiger partial charge in [0.05, 0.1) is 42.2 Å². The van der Waals surface area contributed by atoms with Crippen LogP contribution in [0.2, 0.25) is 5.02 Å². The summed E-state index contributed by atoms with van der Waals surface area (Å²) in [5, 5.41) is 5.06. The van der Waals surface area contributed by atoms with Gasteiger partial charge in [-0.2, -0.15) is 5.10 Å². The Labute approximate surface area is 199 Å². The van der Waals surface area contributed by atoms with Gasteiger partial charge in [-0.3, -0.25) is 14.4 Å². The number of ether oxygens (including phenoxy) is 1. The first-order chi connectivity index (χ1) is 15.7. The Morgan fingerprint density at radius 3 is 2.39 bits per heavy atom. The van der Waals surface area contributed by atoms with Crippen LogP contribution in [-0.4, -0.2) is 70.7 Å². The Morgan fingerprint density at radius 1 is 1.18 bits per heavy atom. The number of hydrogen-bond acceptors (Lipinski definition) is 5. The van der Waals surface area contributed by atoms with Crippen molar-refractivity contribution in [2.75, 3.05) is 33.3 Å². The maximum absolute atomic E-state index is 13.2. The van der Waals surface area contributed by atoms with Crippen LogP contribution >= 0.6 is 11.6 Å². The van der Waals surface area contributed by atoms with E-state index >= 15 is 0 Å². The molecule has 1 aromatic heterocycles. The summed E-state index contributed by atoms with van der Waals surface area (Å²) in [6.45, 7) is 7.07. The maximum Gasteiger partial charge on any atom is 0.309 e. The number of aromatic nitrogens is 2. The quantitative estimate of drug-likeness (QED) is 0.573. The van der Waals surface area contributed by atoms with E-state index in [9.17, 15) is 14.4 Å². The number of likely N-dealkylation sites (tertiary alicyclic amines) is 1. The second-order valence-corrected chi connectivity index (χ2v) is 8.99. The summed E-state index contributed by atoms with van der Waals surface area (Å²) >= 11 is 6.00. The van der Waals surface area contributed by atoms with Gasteiger partial charge < -0.3 is 14.5 Å². The first-order valence-electron chi connectivity index (χ1n) is 11.3. The summed E-state index contributed by atoms with van der Waals surface area (Å²) in [6, 6.07) is 7.26. The first-order valence-corrected chi connectivity index (χ1v) is 11.6. The molecule has 3 rings (SSSR count). The molecule has 0 saturated carbocycles. The van der Waals surface area contributed by atoms with Crippen molar-refractivity contribution < 1.29 is 19.1 Å². The van der Waals surface area contributed by atoms with Gasteiger partial charge in [0.25, 0.3) is 5.91 Å². The number of likely N-dealkylation sites (N-methyl/N-ethyl adjacent to an activating group) is 1. The number of carbonyl (C=O) groups is 3. The lowest BCUT2D eigenvalue weighted by Crippen LogP contribution is -2.45. The molecule has 2 heterocycles. The third-order valence-corrected chi connectivity index (χ3v) is 6.09. The molecule has 8 nitrogen and oxygen atoms in total. The third kappa shape index (κ3) is 5.74. The molecule has 33 heavy (non-hydrogen) atoms. The van der Waals surface area contributed by atoms with Gasteiger partial charge in [-0.05, 0) is 49.9 Å². The average Bonchev–Trinajstić information content (AvgIpc) is 3.24. The van der Waals surface area contributed by atoms with Crippen molar-refractivity contribution in [3.05, 3.63) is 46.7 Å². The van der Waals surface area contributed by atoms with Crippen LogP contribution in [0.5, 0.6) is 0 Å². The molecule has 1 aliphatic heterocycles. The van der Waals surface area contributed by atoms with E-state index in [1.165, 1.54) is 4.90 Å². The number of hydrogen-bond donors (Lipinski definition) is 0. The van der Waals surface area contributed by atoms with E-state index in [1.54, 1.807) is 41.9 Å². The highest BCUT2D eigenvalue weighted by Crippen LogP contribution is 2.25. The van der Waals surface area contributed by atoms with E-state index in [2.05, 4.69) is 5.10 Å². The molecule has 1 aliphatic rings. The molecule has 1 aromatic carbocycles. The summed E-state index contributed by atoms with van der Waals surface area (Å²) < 4.78 is 6.82. The standard InChI is InChI=1S/C24H31ClN4O4/c1-5-33-24(32)17-10-12-28(13-11-17)21(30)15-27(4)23(31)20-14-26-29(22(20)16(2)3)19-8-6-18(25)7-9-19/h6-9,14,16-17H,5,10-13,15H2,1-4H3. The van der Waals surface area contributed by atoms with Crippen molar-refractivity contribution >= 4 is 29.4 Å². The van der Waals surface area contributed by atoms with Crippen molar-refractivity contribution in [3.8, 4) is 5.69 Å². The number of nitrogens with zero attached hydrogens (tertiary/aromatic N) is 4. The van der Waals surface area contributed by atoms with Crippen LogP contribution in [0.4, 0.5) is 0 Å². The summed E-state index contributed by atoms with van der Waals surface area (Å²) in [5.74, 6) is -0.720. The molecule has 0 spiro atoms. The van der Waals surface area contributed by atoms with E-state index in [-0.39, 0.29) is 36.2 Å². The molecule has 1 fully saturated rings. The third-order valence-electron chi connectivity index (χ3n) is 5.84. The average molecular weight is 475 g/mol. The minimum Gasteiger partial charge on any atom is -0.466 e. The number of halogens is 1. The number of rotatable bonds is 7. The monoisotopic (exact) mass is 474 g/mol. The largest absolute Gasteiger partial charge is 0.466 e. The molecule has 2 amide bonds. The molecule has 9 heteroatoms. The SMILES string of the molecule is CCOC(=O)C1CCN(C(=O)CN(C)C(=O)c2cnn(-c3ccc(Cl)cc3)c2C(C)C)CC1. The molecule has 178 valence electrons. The van der Waals surface area contributed by atoms with E-state index in [4.69, 9.17) is 16.3 Å². The van der Waals surface area contributed by atoms with Crippen molar-refractivity contribution in [1.82, 2.24) is 19.6 Å². The Bertz CT molecular complexity index is 994. The highest BCUT2D eigenvalue weighted by Gasteiger charge is 2.30. The van der Waals surface area contributed by atoms with Crippen LogP contribution in [0.3, 0.4) is 0 Å². The zero-order chi connectivity index (χ0) is 24.1. The minimum absolute atomic E-state index is 0.0352. The summed E-state index contributed by atoms with van der Waals surface area (Å²) in [7, 11) is 1.62. The van der Waals surface area contributed by atoms with Crippen LogP contribution in [0, 0.1) is 5.92 Å². The van der Waals surface area contributed by atoms with Crippen LogP contribution in [-0.2, 0) is 14.3 Å². The Balaban J connectivity index is 1.67. The Morgan fingerprint density at radius 2 is 1.82 bits per heavy atom. The van der Waals surface area contributed by atoms with Crippen molar-refractivity contribution in [1.29, 1.82) is 0 Å². The lowest BCUT2D eigenvalue weighted by molar-refractivity contribution is -0.151. The van der Waals surface area contributed by atoms with Gasteiger partial charge in [-0.1, -0.05) is 25.4 Å². The van der Waals surface area contributed by atoms with Crippen LogP contribution < -0.4 is 0 Å². The lowest BCUT2D eigenvalue weighted by Gasteiger charge is -2.32. The number of amides is 2. The molecular formula is C24H31ClN4O4. The molecule has 0 bridgehead atoms. The van der Waals surface area contributed by atoms with Gasteiger partial charge in [0, 0.05) is 25.2 Å². The lowest BCUT2D eigenvalue weighted by atomic mass is 9.97. The normalized spacial score (nSPS) is 14.4. The fourth-order valence-electron chi connectivity index (χ4n) is 4.07. The van der Waals surface area contributed by atoms with Crippen LogP contribution in [0.15, 0.2) is 30.5 Å². The van der Waals surface area contributed by atoms with Crippen LogP contribution in [0.25, 0.3) is 5.69 Å². The van der Waals surface area contributed by atoms with E-state index in [0.29, 0.717) is 43.1 Å². The van der Waals surface area contributed by atoms with Gasteiger partial charge in [0.15, 0.2) is 0 Å². The van der Waals surface area contributed by atoms with Gasteiger partial charge in [0.1, 0.15) is 0 Å². The second-order valence-electron chi connectivity index (χ2n) is 8.55. The van der Waals surface area contributed by atoms with Crippen molar-refractivity contribution in [2.24, 2.45) is 5.92 Å². The van der Waals surface area contributed by atoms with E-state index < -0.39 is 0 Å². The van der Waals surface area contributed by atoms with Gasteiger partial charge >= 0.3 is 5.97 Å². The molecule has 0 radical (unpaired) electrons. The zero-order valence-electron chi connectivity index (χ0n) is 19.6. The van der Waals surface area contributed by atoms with Crippen molar-refractivity contribution in [2.45, 2.75) is 39.5 Å².